The number of amides is 1. The van der Waals surface area contributed by atoms with Crippen molar-refractivity contribution in [3.8, 4) is 0 Å². The number of fused-ring (bicyclic) bond motifs is 1. The molecule has 3 aliphatic rings. The third kappa shape index (κ3) is 2.95. The van der Waals surface area contributed by atoms with Crippen molar-refractivity contribution in [3.63, 3.8) is 0 Å². The van der Waals surface area contributed by atoms with E-state index in [1.54, 1.807) is 16.4 Å². The lowest BCUT2D eigenvalue weighted by Gasteiger charge is -2.44. The summed E-state index contributed by atoms with van der Waals surface area (Å²) in [5, 5.41) is 11.9. The zero-order valence-corrected chi connectivity index (χ0v) is 14.1. The van der Waals surface area contributed by atoms with E-state index in [-0.39, 0.29) is 23.8 Å². The molecule has 0 saturated carbocycles. The summed E-state index contributed by atoms with van der Waals surface area (Å²) in [5.74, 6) is 0.332. The van der Waals surface area contributed by atoms with Crippen molar-refractivity contribution in [3.05, 3.63) is 5.01 Å². The summed E-state index contributed by atoms with van der Waals surface area (Å²) in [6.45, 7) is 5.73. The van der Waals surface area contributed by atoms with Gasteiger partial charge in [0.05, 0.1) is 19.3 Å². The van der Waals surface area contributed by atoms with Gasteiger partial charge in [0.2, 0.25) is 11.0 Å². The van der Waals surface area contributed by atoms with Crippen LogP contribution in [-0.4, -0.2) is 60.1 Å². The highest BCUT2D eigenvalue weighted by Crippen LogP contribution is 2.36. The molecular formula is C15H22N4O3S. The van der Waals surface area contributed by atoms with Gasteiger partial charge in [-0.05, 0) is 26.2 Å². The Kier molecular flexibility index (Phi) is 4.21. The van der Waals surface area contributed by atoms with Gasteiger partial charge in [-0.2, -0.15) is 0 Å². The summed E-state index contributed by atoms with van der Waals surface area (Å²) < 4.78 is 5.94. The molecule has 4 rings (SSSR count). The number of rotatable bonds is 2. The fraction of sp³-hybridized carbons (Fsp3) is 0.800. The predicted octanol–water partition coefficient (Wildman–Crippen LogP) is 1.24. The van der Waals surface area contributed by atoms with E-state index in [1.165, 1.54) is 0 Å². The molecule has 1 aromatic rings. The molecule has 0 spiro atoms. The number of anilines is 1. The van der Waals surface area contributed by atoms with Crippen LogP contribution in [0.1, 0.15) is 24.3 Å². The second-order valence-corrected chi connectivity index (χ2v) is 7.59. The number of hydroxylamine groups is 2. The molecule has 1 amide bonds. The van der Waals surface area contributed by atoms with Crippen LogP contribution in [0.25, 0.3) is 0 Å². The molecule has 0 aliphatic carbocycles. The van der Waals surface area contributed by atoms with E-state index >= 15 is 0 Å². The fourth-order valence-electron chi connectivity index (χ4n) is 3.81. The molecule has 0 bridgehead atoms. The van der Waals surface area contributed by atoms with Gasteiger partial charge in [-0.25, -0.2) is 5.06 Å². The van der Waals surface area contributed by atoms with Crippen molar-refractivity contribution in [2.45, 2.75) is 32.3 Å². The van der Waals surface area contributed by atoms with Crippen LogP contribution in [0.15, 0.2) is 0 Å². The Morgan fingerprint density at radius 2 is 2.17 bits per heavy atom. The Hall–Kier alpha value is -1.25. The van der Waals surface area contributed by atoms with Crippen LogP contribution in [0, 0.1) is 18.8 Å². The highest BCUT2D eigenvalue weighted by Gasteiger charge is 2.44. The number of aryl methyl sites for hydroxylation is 1. The van der Waals surface area contributed by atoms with E-state index in [9.17, 15) is 4.79 Å². The van der Waals surface area contributed by atoms with Gasteiger partial charge in [0.1, 0.15) is 5.01 Å². The van der Waals surface area contributed by atoms with E-state index < -0.39 is 0 Å². The first kappa shape index (κ1) is 15.3. The zero-order valence-electron chi connectivity index (χ0n) is 13.3. The van der Waals surface area contributed by atoms with Crippen molar-refractivity contribution in [2.75, 3.05) is 37.7 Å². The van der Waals surface area contributed by atoms with Crippen LogP contribution in [0.2, 0.25) is 0 Å². The first-order chi connectivity index (χ1) is 11.2. The van der Waals surface area contributed by atoms with Gasteiger partial charge < -0.3 is 9.64 Å². The average Bonchev–Trinajstić information content (AvgIpc) is 3.25. The Bertz CT molecular complexity index is 575. The number of piperidine rings is 1. The molecule has 0 aromatic carbocycles. The van der Waals surface area contributed by atoms with Gasteiger partial charge in [0, 0.05) is 31.5 Å². The topological polar surface area (TPSA) is 67.8 Å². The van der Waals surface area contributed by atoms with Crippen LogP contribution in [0.5, 0.6) is 0 Å². The lowest BCUT2D eigenvalue weighted by Crippen LogP contribution is -2.53. The SMILES string of the molecule is Cc1nnc(N2CC[C@H]3OCC[C@@H](C(=O)N4CCCO4)[C@@H]3C2)s1. The monoisotopic (exact) mass is 338 g/mol. The minimum atomic E-state index is -0.0105. The average molecular weight is 338 g/mol. The van der Waals surface area contributed by atoms with Crippen LogP contribution < -0.4 is 4.90 Å². The van der Waals surface area contributed by atoms with Gasteiger partial charge in [-0.3, -0.25) is 9.63 Å². The normalized spacial score (nSPS) is 31.3. The Morgan fingerprint density at radius 3 is 2.91 bits per heavy atom. The number of aromatic nitrogens is 2. The number of carbonyl (C=O) groups is 1. The molecule has 3 aliphatic heterocycles. The Balaban J connectivity index is 1.50. The van der Waals surface area contributed by atoms with E-state index in [0.29, 0.717) is 19.8 Å². The zero-order chi connectivity index (χ0) is 15.8. The highest BCUT2D eigenvalue weighted by atomic mass is 32.1. The molecule has 0 unspecified atom stereocenters. The first-order valence-electron chi connectivity index (χ1n) is 8.33. The maximum atomic E-state index is 12.8. The summed E-state index contributed by atoms with van der Waals surface area (Å²) in [5.41, 5.74) is 0. The first-order valence-corrected chi connectivity index (χ1v) is 9.15. The van der Waals surface area contributed by atoms with Crippen LogP contribution in [-0.2, 0) is 14.4 Å². The lowest BCUT2D eigenvalue weighted by molar-refractivity contribution is -0.182. The molecule has 3 fully saturated rings. The van der Waals surface area contributed by atoms with Crippen LogP contribution in [0.3, 0.4) is 0 Å². The van der Waals surface area contributed by atoms with Gasteiger partial charge in [-0.1, -0.05) is 11.3 Å². The van der Waals surface area contributed by atoms with E-state index in [0.717, 1.165) is 42.5 Å². The maximum Gasteiger partial charge on any atom is 0.249 e. The standard InChI is InChI=1S/C15H22N4O3S/c1-10-16-17-15(23-10)18-6-3-13-12(9-18)11(4-8-21-13)14(20)19-5-2-7-22-19/h11-13H,2-9H2,1H3/t11-,12+,13-/m1/s1. The van der Waals surface area contributed by atoms with Gasteiger partial charge in [0.15, 0.2) is 0 Å². The Labute approximate surface area is 139 Å². The number of carbonyl (C=O) groups excluding carboxylic acids is 1. The molecule has 8 heteroatoms. The minimum absolute atomic E-state index is 0.0105. The van der Waals surface area contributed by atoms with Crippen molar-refractivity contribution in [2.24, 2.45) is 11.8 Å². The summed E-state index contributed by atoms with van der Waals surface area (Å²) in [4.78, 5) is 20.5. The number of hydrogen-bond acceptors (Lipinski definition) is 7. The summed E-state index contributed by atoms with van der Waals surface area (Å²) in [6, 6.07) is 0. The molecular weight excluding hydrogens is 316 g/mol. The van der Waals surface area contributed by atoms with Crippen LogP contribution in [0.4, 0.5) is 5.13 Å². The smallest absolute Gasteiger partial charge is 0.249 e. The Morgan fingerprint density at radius 1 is 1.26 bits per heavy atom. The molecule has 3 atom stereocenters. The van der Waals surface area contributed by atoms with Gasteiger partial charge in [-0.15, -0.1) is 10.2 Å². The molecule has 0 radical (unpaired) electrons. The van der Waals surface area contributed by atoms with Crippen molar-refractivity contribution < 1.29 is 14.4 Å². The summed E-state index contributed by atoms with van der Waals surface area (Å²) in [6.07, 6.45) is 2.82. The number of nitrogens with zero attached hydrogens (tertiary/aromatic N) is 4. The van der Waals surface area contributed by atoms with E-state index in [1.807, 2.05) is 6.92 Å². The molecule has 7 nitrogen and oxygen atoms in total. The molecule has 1 aromatic heterocycles. The van der Waals surface area contributed by atoms with Crippen molar-refractivity contribution >= 4 is 22.4 Å². The largest absolute Gasteiger partial charge is 0.378 e. The molecule has 3 saturated heterocycles. The van der Waals surface area contributed by atoms with Gasteiger partial charge >= 0.3 is 0 Å². The maximum absolute atomic E-state index is 12.8. The van der Waals surface area contributed by atoms with Crippen LogP contribution >= 0.6 is 11.3 Å². The van der Waals surface area contributed by atoms with Gasteiger partial charge in [0.25, 0.3) is 0 Å². The summed E-state index contributed by atoms with van der Waals surface area (Å²) >= 11 is 1.61. The third-order valence-corrected chi connectivity index (χ3v) is 5.87. The summed E-state index contributed by atoms with van der Waals surface area (Å²) in [7, 11) is 0. The molecule has 23 heavy (non-hydrogen) atoms. The second-order valence-electron chi connectivity index (χ2n) is 6.43. The second kappa shape index (κ2) is 6.33. The molecule has 4 heterocycles. The molecule has 0 N–H and O–H groups in total. The van der Waals surface area contributed by atoms with Crippen molar-refractivity contribution in [1.29, 1.82) is 0 Å². The minimum Gasteiger partial charge on any atom is -0.378 e. The highest BCUT2D eigenvalue weighted by molar-refractivity contribution is 7.15. The fourth-order valence-corrected chi connectivity index (χ4v) is 4.54. The molecule has 126 valence electrons. The predicted molar refractivity (Wildman–Crippen MR) is 85.1 cm³/mol. The third-order valence-electron chi connectivity index (χ3n) is 4.97. The van der Waals surface area contributed by atoms with E-state index in [4.69, 9.17) is 9.57 Å². The number of hydrogen-bond donors (Lipinski definition) is 0. The van der Waals surface area contributed by atoms with Crippen molar-refractivity contribution in [1.82, 2.24) is 15.3 Å². The van der Waals surface area contributed by atoms with E-state index in [2.05, 4.69) is 15.1 Å². The number of ether oxygens (including phenoxy) is 1. The lowest BCUT2D eigenvalue weighted by atomic mass is 9.79. The quantitative estimate of drug-likeness (QED) is 0.808.